The largest absolute Gasteiger partial charge is 0.368 e. The Labute approximate surface area is 188 Å². The minimum Gasteiger partial charge on any atom is -0.368 e. The van der Waals surface area contributed by atoms with Crippen LogP contribution in [-0.2, 0) is 4.79 Å². The number of carbonyl (C=O) groups excluding carboxylic acids is 1. The van der Waals surface area contributed by atoms with Gasteiger partial charge in [-0.2, -0.15) is 0 Å². The number of piperazine rings is 1. The quantitative estimate of drug-likeness (QED) is 0.609. The molecule has 1 amide bonds. The molecule has 5 rings (SSSR count). The summed E-state index contributed by atoms with van der Waals surface area (Å²) in [5.41, 5.74) is 3.91. The summed E-state index contributed by atoms with van der Waals surface area (Å²) >= 11 is 1.75. The molecule has 0 bridgehead atoms. The molecule has 6 heteroatoms. The molecule has 4 heterocycles. The van der Waals surface area contributed by atoms with E-state index in [0.717, 1.165) is 57.9 Å². The van der Waals surface area contributed by atoms with E-state index in [4.69, 9.17) is 0 Å². The molecule has 1 aromatic carbocycles. The summed E-state index contributed by atoms with van der Waals surface area (Å²) in [6.45, 7) is 9.49. The molecular formula is C25H30N4OS. The first-order valence-electron chi connectivity index (χ1n) is 11.3. The van der Waals surface area contributed by atoms with Crippen LogP contribution in [0.2, 0.25) is 0 Å². The van der Waals surface area contributed by atoms with Gasteiger partial charge in [-0.25, -0.2) is 4.98 Å². The predicted molar refractivity (Wildman–Crippen MR) is 129 cm³/mol. The van der Waals surface area contributed by atoms with Gasteiger partial charge in [-0.15, -0.1) is 11.3 Å². The van der Waals surface area contributed by atoms with Gasteiger partial charge >= 0.3 is 0 Å². The summed E-state index contributed by atoms with van der Waals surface area (Å²) in [5, 5.41) is 3.33. The molecule has 3 aromatic rings. The number of thiophene rings is 1. The highest BCUT2D eigenvalue weighted by Gasteiger charge is 2.32. The van der Waals surface area contributed by atoms with Crippen LogP contribution in [0.1, 0.15) is 24.0 Å². The average molecular weight is 435 g/mol. The van der Waals surface area contributed by atoms with E-state index < -0.39 is 0 Å². The van der Waals surface area contributed by atoms with Gasteiger partial charge in [-0.3, -0.25) is 4.79 Å². The van der Waals surface area contributed by atoms with E-state index in [1.165, 1.54) is 26.9 Å². The van der Waals surface area contributed by atoms with Gasteiger partial charge < -0.3 is 14.7 Å². The monoisotopic (exact) mass is 434 g/mol. The van der Waals surface area contributed by atoms with E-state index in [0.29, 0.717) is 5.91 Å². The van der Waals surface area contributed by atoms with Crippen LogP contribution in [0.5, 0.6) is 0 Å². The third-order valence-corrected chi connectivity index (χ3v) is 7.61. The van der Waals surface area contributed by atoms with E-state index in [9.17, 15) is 4.79 Å². The maximum atomic E-state index is 13.4. The van der Waals surface area contributed by atoms with Crippen molar-refractivity contribution in [1.82, 2.24) is 9.88 Å². The maximum Gasteiger partial charge on any atom is 0.227 e. The van der Waals surface area contributed by atoms with Gasteiger partial charge in [-0.05, 0) is 61.4 Å². The first kappa shape index (κ1) is 20.3. The molecular weight excluding hydrogens is 404 g/mol. The van der Waals surface area contributed by atoms with Crippen LogP contribution in [0.25, 0.3) is 10.1 Å². The molecule has 0 saturated carbocycles. The van der Waals surface area contributed by atoms with Gasteiger partial charge in [0.2, 0.25) is 5.91 Å². The fourth-order valence-corrected chi connectivity index (χ4v) is 5.77. The Kier molecular flexibility index (Phi) is 5.57. The SMILES string of the molecule is Cc1ccc(C)c(N2CCN(C(=O)C3CCCN(c4nccc5sccc45)C3)CC2)c1. The second-order valence-corrected chi connectivity index (χ2v) is 9.80. The smallest absolute Gasteiger partial charge is 0.227 e. The fraction of sp³-hybridized carbons (Fsp3) is 0.440. The maximum absolute atomic E-state index is 13.4. The molecule has 31 heavy (non-hydrogen) atoms. The molecule has 2 saturated heterocycles. The Morgan fingerprint density at radius 3 is 2.71 bits per heavy atom. The highest BCUT2D eigenvalue weighted by molar-refractivity contribution is 7.17. The molecule has 2 aliphatic heterocycles. The zero-order valence-electron chi connectivity index (χ0n) is 18.4. The zero-order chi connectivity index (χ0) is 21.4. The normalized spacial score (nSPS) is 19.8. The lowest BCUT2D eigenvalue weighted by atomic mass is 9.96. The third-order valence-electron chi connectivity index (χ3n) is 6.73. The molecule has 0 aliphatic carbocycles. The second kappa shape index (κ2) is 8.50. The molecule has 0 radical (unpaired) electrons. The summed E-state index contributed by atoms with van der Waals surface area (Å²) in [6, 6.07) is 10.9. The van der Waals surface area contributed by atoms with Crippen molar-refractivity contribution in [2.24, 2.45) is 5.92 Å². The van der Waals surface area contributed by atoms with Crippen molar-refractivity contribution in [3.63, 3.8) is 0 Å². The lowest BCUT2D eigenvalue weighted by Gasteiger charge is -2.40. The summed E-state index contributed by atoms with van der Waals surface area (Å²) < 4.78 is 1.26. The van der Waals surface area contributed by atoms with Crippen molar-refractivity contribution in [1.29, 1.82) is 0 Å². The topological polar surface area (TPSA) is 39.7 Å². The number of aromatic nitrogens is 1. The summed E-state index contributed by atoms with van der Waals surface area (Å²) in [6.07, 6.45) is 3.92. The fourth-order valence-electron chi connectivity index (χ4n) is 4.99. The lowest BCUT2D eigenvalue weighted by molar-refractivity contribution is -0.136. The number of fused-ring (bicyclic) bond motifs is 1. The van der Waals surface area contributed by atoms with Gasteiger partial charge in [-0.1, -0.05) is 12.1 Å². The van der Waals surface area contributed by atoms with Crippen molar-refractivity contribution in [3.8, 4) is 0 Å². The van der Waals surface area contributed by atoms with Gasteiger partial charge in [0.25, 0.3) is 0 Å². The summed E-state index contributed by atoms with van der Waals surface area (Å²) in [7, 11) is 0. The molecule has 5 nitrogen and oxygen atoms in total. The number of benzene rings is 1. The van der Waals surface area contributed by atoms with E-state index in [1.807, 2.05) is 6.20 Å². The number of aryl methyl sites for hydroxylation is 2. The van der Waals surface area contributed by atoms with Crippen molar-refractivity contribution in [3.05, 3.63) is 53.0 Å². The predicted octanol–water partition coefficient (Wildman–Crippen LogP) is 4.48. The van der Waals surface area contributed by atoms with E-state index >= 15 is 0 Å². The second-order valence-electron chi connectivity index (χ2n) is 8.85. The Balaban J connectivity index is 1.24. The summed E-state index contributed by atoms with van der Waals surface area (Å²) in [4.78, 5) is 24.9. The molecule has 1 atom stereocenters. The standard InChI is InChI=1S/C25H30N4OS/c1-18-5-6-19(2)22(16-18)27-11-13-28(14-12-27)25(30)20-4-3-10-29(17-20)24-21-8-15-31-23(21)7-9-26-24/h5-9,15-16,20H,3-4,10-14,17H2,1-2H3. The van der Waals surface area contributed by atoms with Crippen molar-refractivity contribution >= 4 is 38.8 Å². The van der Waals surface area contributed by atoms with Crippen LogP contribution in [-0.4, -0.2) is 55.1 Å². The Hall–Kier alpha value is -2.60. The minimum atomic E-state index is 0.0664. The Bertz CT molecular complexity index is 1090. The molecule has 0 N–H and O–H groups in total. The highest BCUT2D eigenvalue weighted by atomic mass is 32.1. The first-order valence-corrected chi connectivity index (χ1v) is 12.2. The van der Waals surface area contributed by atoms with Crippen molar-refractivity contribution < 1.29 is 4.79 Å². The number of carbonyl (C=O) groups is 1. The average Bonchev–Trinajstić information content (AvgIpc) is 3.29. The molecule has 2 fully saturated rings. The van der Waals surface area contributed by atoms with Crippen LogP contribution in [0.3, 0.4) is 0 Å². The Morgan fingerprint density at radius 2 is 1.87 bits per heavy atom. The lowest BCUT2D eigenvalue weighted by Crippen LogP contribution is -2.52. The minimum absolute atomic E-state index is 0.0664. The molecule has 1 unspecified atom stereocenters. The number of anilines is 2. The van der Waals surface area contributed by atoms with Gasteiger partial charge in [0.05, 0.1) is 5.92 Å². The van der Waals surface area contributed by atoms with E-state index in [2.05, 4.69) is 69.2 Å². The Morgan fingerprint density at radius 1 is 1.03 bits per heavy atom. The highest BCUT2D eigenvalue weighted by Crippen LogP contribution is 2.32. The van der Waals surface area contributed by atoms with Crippen molar-refractivity contribution in [2.75, 3.05) is 49.1 Å². The number of pyridine rings is 1. The molecule has 0 spiro atoms. The van der Waals surface area contributed by atoms with Crippen LogP contribution in [0.4, 0.5) is 11.5 Å². The van der Waals surface area contributed by atoms with Crippen molar-refractivity contribution in [2.45, 2.75) is 26.7 Å². The number of piperidine rings is 1. The van der Waals surface area contributed by atoms with Gasteiger partial charge in [0, 0.05) is 61.2 Å². The number of nitrogens with zero attached hydrogens (tertiary/aromatic N) is 4. The number of amides is 1. The zero-order valence-corrected chi connectivity index (χ0v) is 19.2. The number of hydrogen-bond acceptors (Lipinski definition) is 5. The number of rotatable bonds is 3. The number of hydrogen-bond donors (Lipinski definition) is 0. The third kappa shape index (κ3) is 4.01. The van der Waals surface area contributed by atoms with Crippen LogP contribution in [0, 0.1) is 19.8 Å². The molecule has 2 aliphatic rings. The van der Waals surface area contributed by atoms with Gasteiger partial charge in [0.1, 0.15) is 5.82 Å². The van der Waals surface area contributed by atoms with Gasteiger partial charge in [0.15, 0.2) is 0 Å². The molecule has 2 aromatic heterocycles. The first-order chi connectivity index (χ1) is 15.1. The van der Waals surface area contributed by atoms with Crippen LogP contribution >= 0.6 is 11.3 Å². The molecule has 162 valence electrons. The van der Waals surface area contributed by atoms with E-state index in [-0.39, 0.29) is 5.92 Å². The van der Waals surface area contributed by atoms with E-state index in [1.54, 1.807) is 11.3 Å². The summed E-state index contributed by atoms with van der Waals surface area (Å²) in [5.74, 6) is 1.43. The van der Waals surface area contributed by atoms with Crippen LogP contribution < -0.4 is 9.80 Å². The van der Waals surface area contributed by atoms with Crippen LogP contribution in [0.15, 0.2) is 41.9 Å².